The van der Waals surface area contributed by atoms with E-state index in [0.717, 1.165) is 51.6 Å². The number of rotatable bonds is 1. The van der Waals surface area contributed by atoms with Gasteiger partial charge in [0.05, 0.1) is 0 Å². The van der Waals surface area contributed by atoms with Crippen molar-refractivity contribution < 1.29 is 4.79 Å². The van der Waals surface area contributed by atoms with Crippen molar-refractivity contribution in [2.75, 3.05) is 20.1 Å². The Morgan fingerprint density at radius 1 is 1.19 bits per heavy atom. The lowest BCUT2D eigenvalue weighted by Gasteiger charge is -2.35. The van der Waals surface area contributed by atoms with E-state index in [1.54, 1.807) is 0 Å². The summed E-state index contributed by atoms with van der Waals surface area (Å²) in [5, 5.41) is 0. The maximum atomic E-state index is 12.1. The first kappa shape index (κ1) is 11.7. The van der Waals surface area contributed by atoms with Gasteiger partial charge < -0.3 is 15.5 Å². The Morgan fingerprint density at radius 2 is 1.75 bits per heavy atom. The standard InChI is InChI=1S/C12H23N3O/c1-14(11-6-4-10(13)5-7-11)12(16)15-8-2-3-9-15/h10-11H,2-9,13H2,1H3. The Hall–Kier alpha value is -0.770. The highest BCUT2D eigenvalue weighted by Crippen LogP contribution is 2.22. The quantitative estimate of drug-likeness (QED) is 0.733. The van der Waals surface area contributed by atoms with Gasteiger partial charge in [-0.15, -0.1) is 0 Å². The van der Waals surface area contributed by atoms with Gasteiger partial charge in [-0.1, -0.05) is 0 Å². The van der Waals surface area contributed by atoms with Gasteiger partial charge in [0, 0.05) is 32.2 Å². The van der Waals surface area contributed by atoms with Crippen molar-refractivity contribution in [3.8, 4) is 0 Å². The molecule has 2 fully saturated rings. The van der Waals surface area contributed by atoms with Crippen molar-refractivity contribution in [3.05, 3.63) is 0 Å². The van der Waals surface area contributed by atoms with Crippen molar-refractivity contribution >= 4 is 6.03 Å². The lowest BCUT2D eigenvalue weighted by Crippen LogP contribution is -2.47. The van der Waals surface area contributed by atoms with Crippen LogP contribution >= 0.6 is 0 Å². The number of carbonyl (C=O) groups is 1. The number of likely N-dealkylation sites (tertiary alicyclic amines) is 1. The molecule has 92 valence electrons. The molecular weight excluding hydrogens is 202 g/mol. The van der Waals surface area contributed by atoms with Crippen molar-refractivity contribution in [2.24, 2.45) is 5.73 Å². The number of amides is 2. The monoisotopic (exact) mass is 225 g/mol. The van der Waals surface area contributed by atoms with Gasteiger partial charge in [0.2, 0.25) is 0 Å². The summed E-state index contributed by atoms with van der Waals surface area (Å²) in [5.41, 5.74) is 5.88. The number of carbonyl (C=O) groups excluding carboxylic acids is 1. The maximum Gasteiger partial charge on any atom is 0.319 e. The zero-order valence-electron chi connectivity index (χ0n) is 10.2. The van der Waals surface area contributed by atoms with Crippen LogP contribution in [0, 0.1) is 0 Å². The summed E-state index contributed by atoms with van der Waals surface area (Å²) in [4.78, 5) is 16.1. The molecule has 0 spiro atoms. The van der Waals surface area contributed by atoms with Gasteiger partial charge in [-0.2, -0.15) is 0 Å². The highest BCUT2D eigenvalue weighted by atomic mass is 16.2. The third-order valence-corrected chi connectivity index (χ3v) is 3.97. The van der Waals surface area contributed by atoms with Crippen LogP contribution < -0.4 is 5.73 Å². The summed E-state index contributed by atoms with van der Waals surface area (Å²) < 4.78 is 0. The molecule has 1 aliphatic carbocycles. The highest BCUT2D eigenvalue weighted by molar-refractivity contribution is 5.74. The summed E-state index contributed by atoms with van der Waals surface area (Å²) in [7, 11) is 1.95. The Kier molecular flexibility index (Phi) is 3.69. The van der Waals surface area contributed by atoms with Crippen molar-refractivity contribution in [1.82, 2.24) is 9.80 Å². The first-order valence-corrected chi connectivity index (χ1v) is 6.46. The minimum Gasteiger partial charge on any atom is -0.328 e. The molecule has 16 heavy (non-hydrogen) atoms. The average Bonchev–Trinajstić information content (AvgIpc) is 2.81. The van der Waals surface area contributed by atoms with E-state index in [4.69, 9.17) is 5.73 Å². The molecule has 0 radical (unpaired) electrons. The number of hydrogen-bond donors (Lipinski definition) is 1. The Bertz CT molecular complexity index is 243. The van der Waals surface area contributed by atoms with Crippen molar-refractivity contribution in [2.45, 2.75) is 50.6 Å². The summed E-state index contributed by atoms with van der Waals surface area (Å²) in [6.07, 6.45) is 6.57. The molecule has 0 aromatic carbocycles. The third kappa shape index (κ3) is 2.48. The number of nitrogens with two attached hydrogens (primary N) is 1. The zero-order chi connectivity index (χ0) is 11.5. The summed E-state index contributed by atoms with van der Waals surface area (Å²) in [6, 6.07) is 0.984. The van der Waals surface area contributed by atoms with Crippen LogP contribution in [0.25, 0.3) is 0 Å². The van der Waals surface area contributed by atoms with Crippen LogP contribution in [0.1, 0.15) is 38.5 Å². The van der Waals surface area contributed by atoms with Gasteiger partial charge in [0.25, 0.3) is 0 Å². The van der Waals surface area contributed by atoms with Crippen LogP contribution in [-0.4, -0.2) is 48.1 Å². The molecule has 0 aromatic rings. The molecule has 0 aromatic heterocycles. The molecule has 2 rings (SSSR count). The summed E-state index contributed by atoms with van der Waals surface area (Å²) >= 11 is 0. The molecule has 1 saturated carbocycles. The Labute approximate surface area is 97.8 Å². The smallest absolute Gasteiger partial charge is 0.319 e. The minimum absolute atomic E-state index is 0.220. The number of nitrogens with zero attached hydrogens (tertiary/aromatic N) is 2. The van der Waals surface area contributed by atoms with Gasteiger partial charge in [-0.05, 0) is 38.5 Å². The van der Waals surface area contributed by atoms with E-state index in [1.165, 1.54) is 0 Å². The van der Waals surface area contributed by atoms with E-state index in [9.17, 15) is 4.79 Å². The zero-order valence-corrected chi connectivity index (χ0v) is 10.2. The second-order valence-electron chi connectivity index (χ2n) is 5.16. The number of hydrogen-bond acceptors (Lipinski definition) is 2. The van der Waals surface area contributed by atoms with E-state index < -0.39 is 0 Å². The molecule has 0 atom stereocenters. The molecule has 0 bridgehead atoms. The van der Waals surface area contributed by atoms with Crippen LogP contribution in [0.3, 0.4) is 0 Å². The van der Waals surface area contributed by atoms with Crippen molar-refractivity contribution in [3.63, 3.8) is 0 Å². The van der Waals surface area contributed by atoms with E-state index >= 15 is 0 Å². The molecule has 2 aliphatic rings. The molecule has 1 aliphatic heterocycles. The lowest BCUT2D eigenvalue weighted by atomic mass is 9.91. The molecular formula is C12H23N3O. The fourth-order valence-electron chi connectivity index (χ4n) is 2.78. The van der Waals surface area contributed by atoms with E-state index in [0.29, 0.717) is 12.1 Å². The maximum absolute atomic E-state index is 12.1. The van der Waals surface area contributed by atoms with E-state index in [2.05, 4.69) is 0 Å². The molecule has 1 heterocycles. The van der Waals surface area contributed by atoms with E-state index in [-0.39, 0.29) is 6.03 Å². The largest absolute Gasteiger partial charge is 0.328 e. The summed E-state index contributed by atoms with van der Waals surface area (Å²) in [6.45, 7) is 1.88. The van der Waals surface area contributed by atoms with Gasteiger partial charge in [-0.3, -0.25) is 0 Å². The van der Waals surface area contributed by atoms with Crippen LogP contribution in [-0.2, 0) is 0 Å². The van der Waals surface area contributed by atoms with Crippen LogP contribution in [0.5, 0.6) is 0 Å². The predicted octanol–water partition coefficient (Wildman–Crippen LogP) is 1.40. The first-order chi connectivity index (χ1) is 7.68. The third-order valence-electron chi connectivity index (χ3n) is 3.97. The second-order valence-corrected chi connectivity index (χ2v) is 5.16. The Balaban J connectivity index is 1.86. The Morgan fingerprint density at radius 3 is 2.31 bits per heavy atom. The van der Waals surface area contributed by atoms with Crippen LogP contribution in [0.2, 0.25) is 0 Å². The fourth-order valence-corrected chi connectivity index (χ4v) is 2.78. The molecule has 1 saturated heterocycles. The molecule has 4 nitrogen and oxygen atoms in total. The molecule has 2 N–H and O–H groups in total. The van der Waals surface area contributed by atoms with Crippen molar-refractivity contribution in [1.29, 1.82) is 0 Å². The fraction of sp³-hybridized carbons (Fsp3) is 0.917. The first-order valence-electron chi connectivity index (χ1n) is 6.46. The summed E-state index contributed by atoms with van der Waals surface area (Å²) in [5.74, 6) is 0. The van der Waals surface area contributed by atoms with Crippen LogP contribution in [0.15, 0.2) is 0 Å². The highest BCUT2D eigenvalue weighted by Gasteiger charge is 2.28. The molecule has 2 amide bonds. The predicted molar refractivity (Wildman–Crippen MR) is 64.2 cm³/mol. The molecule has 4 heteroatoms. The van der Waals surface area contributed by atoms with Crippen LogP contribution in [0.4, 0.5) is 4.79 Å². The van der Waals surface area contributed by atoms with Gasteiger partial charge in [-0.25, -0.2) is 4.79 Å². The van der Waals surface area contributed by atoms with E-state index in [1.807, 2.05) is 16.8 Å². The van der Waals surface area contributed by atoms with Gasteiger partial charge >= 0.3 is 6.03 Å². The average molecular weight is 225 g/mol. The minimum atomic E-state index is 0.220. The van der Waals surface area contributed by atoms with Gasteiger partial charge in [0.1, 0.15) is 0 Å². The number of urea groups is 1. The van der Waals surface area contributed by atoms with Gasteiger partial charge in [0.15, 0.2) is 0 Å². The molecule has 0 unspecified atom stereocenters. The second kappa shape index (κ2) is 5.04. The normalized spacial score (nSPS) is 30.5. The lowest BCUT2D eigenvalue weighted by molar-refractivity contribution is 0.140. The SMILES string of the molecule is CN(C(=O)N1CCCC1)C1CCC(N)CC1. The topological polar surface area (TPSA) is 49.6 Å².